The van der Waals surface area contributed by atoms with Crippen molar-refractivity contribution < 1.29 is 9.90 Å². The fourth-order valence-electron chi connectivity index (χ4n) is 3.86. The summed E-state index contributed by atoms with van der Waals surface area (Å²) < 4.78 is 1.74. The fourth-order valence-corrected chi connectivity index (χ4v) is 4.13. The summed E-state index contributed by atoms with van der Waals surface area (Å²) in [5.41, 5.74) is 0.466. The van der Waals surface area contributed by atoms with Gasteiger partial charge in [-0.15, -0.1) is 0 Å². The van der Waals surface area contributed by atoms with E-state index < -0.39 is 12.0 Å². The Morgan fingerprint density at radius 2 is 1.87 bits per heavy atom. The third-order valence-electron chi connectivity index (χ3n) is 5.32. The van der Waals surface area contributed by atoms with Crippen LogP contribution in [0, 0.1) is 6.92 Å². The first-order chi connectivity index (χ1) is 11.0. The molecular formula is C16H25ClN4O2. The molecule has 0 aromatic carbocycles. The minimum absolute atomic E-state index is 0.424. The monoisotopic (exact) mass is 340 g/mol. The van der Waals surface area contributed by atoms with E-state index in [1.165, 1.54) is 25.7 Å². The normalized spacial score (nSPS) is 22.6. The summed E-state index contributed by atoms with van der Waals surface area (Å²) >= 11 is 6.30. The maximum Gasteiger partial charge on any atom is 0.327 e. The second kappa shape index (κ2) is 6.79. The predicted molar refractivity (Wildman–Crippen MR) is 88.7 cm³/mol. The van der Waals surface area contributed by atoms with Crippen LogP contribution < -0.4 is 0 Å². The number of rotatable bonds is 4. The number of carbonyl (C=O) groups is 1. The average molecular weight is 341 g/mol. The van der Waals surface area contributed by atoms with Crippen LogP contribution in [0.15, 0.2) is 0 Å². The Bertz CT molecular complexity index is 575. The molecule has 3 rings (SSSR count). The Morgan fingerprint density at radius 1 is 1.26 bits per heavy atom. The highest BCUT2D eigenvalue weighted by Crippen LogP contribution is 2.30. The van der Waals surface area contributed by atoms with Crippen molar-refractivity contribution in [1.82, 2.24) is 19.4 Å². The Labute approximate surface area is 142 Å². The lowest BCUT2D eigenvalue weighted by Gasteiger charge is -2.40. The van der Waals surface area contributed by atoms with Crippen LogP contribution in [-0.4, -0.2) is 62.6 Å². The molecule has 1 aromatic rings. The van der Waals surface area contributed by atoms with E-state index in [1.807, 2.05) is 18.9 Å². The van der Waals surface area contributed by atoms with E-state index in [-0.39, 0.29) is 0 Å². The average Bonchev–Trinajstić information content (AvgIpc) is 3.14. The summed E-state index contributed by atoms with van der Waals surface area (Å²) in [6.45, 7) is 5.20. The molecule has 0 spiro atoms. The molecule has 1 aliphatic carbocycles. The number of aromatic nitrogens is 2. The molecule has 23 heavy (non-hydrogen) atoms. The van der Waals surface area contributed by atoms with Crippen molar-refractivity contribution in [3.8, 4) is 0 Å². The summed E-state index contributed by atoms with van der Waals surface area (Å²) in [5.74, 6) is -0.139. The first-order valence-corrected chi connectivity index (χ1v) is 8.76. The molecule has 2 aliphatic rings. The molecule has 1 saturated heterocycles. The number of aliphatic carboxylic acids is 1. The van der Waals surface area contributed by atoms with Gasteiger partial charge in [-0.3, -0.25) is 14.6 Å². The zero-order chi connectivity index (χ0) is 16.6. The van der Waals surface area contributed by atoms with Crippen LogP contribution >= 0.6 is 11.6 Å². The number of piperazine rings is 1. The molecule has 1 saturated carbocycles. The number of nitrogens with zero attached hydrogens (tertiary/aromatic N) is 4. The van der Waals surface area contributed by atoms with Crippen molar-refractivity contribution in [3.63, 3.8) is 0 Å². The van der Waals surface area contributed by atoms with Gasteiger partial charge in [-0.05, 0) is 19.8 Å². The Balaban J connectivity index is 1.73. The molecule has 7 heteroatoms. The lowest BCUT2D eigenvalue weighted by molar-refractivity contribution is -0.144. The summed E-state index contributed by atoms with van der Waals surface area (Å²) in [4.78, 5) is 20.8. The standard InChI is InChI=1S/C16H25ClN4O2/c1-11-18-13(15(17)19(11)2)14(16(22)23)21-9-7-20(8-10-21)12-5-3-4-6-12/h12,14H,3-10H2,1-2H3,(H,22,23). The van der Waals surface area contributed by atoms with E-state index in [2.05, 4.69) is 9.88 Å². The van der Waals surface area contributed by atoms with Gasteiger partial charge < -0.3 is 9.67 Å². The summed E-state index contributed by atoms with van der Waals surface area (Å²) in [6, 6.07) is -0.0609. The van der Waals surface area contributed by atoms with Gasteiger partial charge in [0, 0.05) is 39.3 Å². The van der Waals surface area contributed by atoms with Gasteiger partial charge in [-0.25, -0.2) is 4.98 Å². The molecule has 0 radical (unpaired) electrons. The van der Waals surface area contributed by atoms with Crippen LogP contribution in [0.25, 0.3) is 0 Å². The topological polar surface area (TPSA) is 61.6 Å². The van der Waals surface area contributed by atoms with E-state index in [9.17, 15) is 9.90 Å². The minimum atomic E-state index is -0.876. The molecule has 128 valence electrons. The Kier molecular flexibility index (Phi) is 4.94. The van der Waals surface area contributed by atoms with Crippen molar-refractivity contribution in [1.29, 1.82) is 0 Å². The Hall–Kier alpha value is -1.11. The SMILES string of the molecule is Cc1nc(C(C(=O)O)N2CCN(C3CCCC3)CC2)c(Cl)n1C. The van der Waals surface area contributed by atoms with Crippen LogP contribution in [-0.2, 0) is 11.8 Å². The highest BCUT2D eigenvalue weighted by molar-refractivity contribution is 6.30. The highest BCUT2D eigenvalue weighted by Gasteiger charge is 2.36. The molecule has 1 N–H and O–H groups in total. The van der Waals surface area contributed by atoms with Crippen LogP contribution in [0.3, 0.4) is 0 Å². The number of hydrogen-bond acceptors (Lipinski definition) is 4. The van der Waals surface area contributed by atoms with E-state index in [0.29, 0.717) is 16.9 Å². The number of imidazole rings is 1. The van der Waals surface area contributed by atoms with Gasteiger partial charge in [0.2, 0.25) is 0 Å². The van der Waals surface area contributed by atoms with Crippen molar-refractivity contribution in [2.75, 3.05) is 26.2 Å². The van der Waals surface area contributed by atoms with E-state index in [1.54, 1.807) is 4.57 Å². The molecule has 0 bridgehead atoms. The third kappa shape index (κ3) is 3.25. The predicted octanol–water partition coefficient (Wildman–Crippen LogP) is 2.07. The number of carboxylic acids is 1. The first kappa shape index (κ1) is 16.7. The number of carboxylic acid groups (broad SMARTS) is 1. The van der Waals surface area contributed by atoms with Gasteiger partial charge in [0.25, 0.3) is 0 Å². The van der Waals surface area contributed by atoms with E-state index >= 15 is 0 Å². The highest BCUT2D eigenvalue weighted by atomic mass is 35.5. The first-order valence-electron chi connectivity index (χ1n) is 8.38. The molecule has 6 nitrogen and oxygen atoms in total. The van der Waals surface area contributed by atoms with Gasteiger partial charge >= 0.3 is 5.97 Å². The molecule has 1 unspecified atom stereocenters. The summed E-state index contributed by atoms with van der Waals surface area (Å²) in [6.07, 6.45) is 5.22. The number of aryl methyl sites for hydroxylation is 1. The van der Waals surface area contributed by atoms with Crippen LogP contribution in [0.1, 0.15) is 43.2 Å². The van der Waals surface area contributed by atoms with Crippen molar-refractivity contribution in [2.45, 2.75) is 44.7 Å². The van der Waals surface area contributed by atoms with E-state index in [4.69, 9.17) is 11.6 Å². The molecular weight excluding hydrogens is 316 g/mol. The second-order valence-corrected chi connectivity index (χ2v) is 7.00. The van der Waals surface area contributed by atoms with Gasteiger partial charge in [-0.2, -0.15) is 0 Å². The fraction of sp³-hybridized carbons (Fsp3) is 0.750. The van der Waals surface area contributed by atoms with Gasteiger partial charge in [0.15, 0.2) is 6.04 Å². The second-order valence-electron chi connectivity index (χ2n) is 6.65. The molecule has 1 aliphatic heterocycles. The maximum absolute atomic E-state index is 11.8. The summed E-state index contributed by atoms with van der Waals surface area (Å²) in [5, 5.41) is 10.1. The molecule has 0 amide bonds. The van der Waals surface area contributed by atoms with E-state index in [0.717, 1.165) is 32.0 Å². The molecule has 1 aromatic heterocycles. The van der Waals surface area contributed by atoms with Crippen molar-refractivity contribution in [3.05, 3.63) is 16.7 Å². The molecule has 1 atom stereocenters. The lowest BCUT2D eigenvalue weighted by atomic mass is 10.1. The van der Waals surface area contributed by atoms with Crippen LogP contribution in [0.5, 0.6) is 0 Å². The maximum atomic E-state index is 11.8. The smallest absolute Gasteiger partial charge is 0.327 e. The molecule has 2 heterocycles. The van der Waals surface area contributed by atoms with Gasteiger partial charge in [0.1, 0.15) is 16.7 Å². The lowest BCUT2D eigenvalue weighted by Crippen LogP contribution is -2.51. The quantitative estimate of drug-likeness (QED) is 0.909. The number of hydrogen-bond donors (Lipinski definition) is 1. The van der Waals surface area contributed by atoms with Crippen molar-refractivity contribution >= 4 is 17.6 Å². The van der Waals surface area contributed by atoms with Crippen molar-refractivity contribution in [2.24, 2.45) is 7.05 Å². The van der Waals surface area contributed by atoms with Gasteiger partial charge in [0.05, 0.1) is 0 Å². The van der Waals surface area contributed by atoms with Crippen LogP contribution in [0.2, 0.25) is 5.15 Å². The third-order valence-corrected chi connectivity index (χ3v) is 5.77. The largest absolute Gasteiger partial charge is 0.480 e. The minimum Gasteiger partial charge on any atom is -0.480 e. The zero-order valence-electron chi connectivity index (χ0n) is 13.8. The zero-order valence-corrected chi connectivity index (χ0v) is 14.6. The van der Waals surface area contributed by atoms with Gasteiger partial charge in [-0.1, -0.05) is 24.4 Å². The van der Waals surface area contributed by atoms with Crippen LogP contribution in [0.4, 0.5) is 0 Å². The Morgan fingerprint density at radius 3 is 2.35 bits per heavy atom. The summed E-state index contributed by atoms with van der Waals surface area (Å²) in [7, 11) is 1.81. The molecule has 2 fully saturated rings. The number of halogens is 1.